The van der Waals surface area contributed by atoms with Crippen LogP contribution in [-0.2, 0) is 0 Å². The quantitative estimate of drug-likeness (QED) is 0.823. The molecule has 3 N–H and O–H groups in total. The van der Waals surface area contributed by atoms with Crippen molar-refractivity contribution in [1.82, 2.24) is 0 Å². The smallest absolute Gasteiger partial charge is 0.142 e. The molecule has 0 amide bonds. The van der Waals surface area contributed by atoms with Crippen LogP contribution in [0.1, 0.15) is 11.6 Å². The molecule has 1 aromatic rings. The topological polar surface area (TPSA) is 46.2 Å². The van der Waals surface area contributed by atoms with Gasteiger partial charge in [-0.05, 0) is 28.1 Å². The molecule has 0 fully saturated rings. The first-order chi connectivity index (χ1) is 6.06. The van der Waals surface area contributed by atoms with Crippen LogP contribution in [0.4, 0.5) is 4.39 Å². The van der Waals surface area contributed by atoms with Gasteiger partial charge in [0.25, 0.3) is 0 Å². The second kappa shape index (κ2) is 4.50. The molecular formula is C8H8Br2FNO. The maximum Gasteiger partial charge on any atom is 0.142 e. The lowest BCUT2D eigenvalue weighted by Crippen LogP contribution is -2.16. The molecule has 72 valence electrons. The Balaban J connectivity index is 3.20. The SMILES string of the molecule is N[C@H](CO)c1cc(Br)cc(Br)c1F. The van der Waals surface area contributed by atoms with E-state index in [0.29, 0.717) is 10.0 Å². The zero-order valence-electron chi connectivity index (χ0n) is 6.60. The van der Waals surface area contributed by atoms with Gasteiger partial charge in [0.1, 0.15) is 5.82 Å². The zero-order valence-corrected chi connectivity index (χ0v) is 9.77. The minimum absolute atomic E-state index is 0.278. The Morgan fingerprint density at radius 3 is 2.62 bits per heavy atom. The molecule has 0 aliphatic heterocycles. The van der Waals surface area contributed by atoms with E-state index in [2.05, 4.69) is 31.9 Å². The Morgan fingerprint density at radius 1 is 1.46 bits per heavy atom. The van der Waals surface area contributed by atoms with Gasteiger partial charge in [-0.1, -0.05) is 15.9 Å². The van der Waals surface area contributed by atoms with Gasteiger partial charge in [0.15, 0.2) is 0 Å². The van der Waals surface area contributed by atoms with Gasteiger partial charge in [-0.15, -0.1) is 0 Å². The van der Waals surface area contributed by atoms with E-state index in [-0.39, 0.29) is 6.61 Å². The van der Waals surface area contributed by atoms with Crippen LogP contribution in [0.2, 0.25) is 0 Å². The molecule has 0 saturated carbocycles. The van der Waals surface area contributed by atoms with Crippen LogP contribution in [0, 0.1) is 5.82 Å². The Labute approximate surface area is 92.2 Å². The molecular weight excluding hydrogens is 305 g/mol. The summed E-state index contributed by atoms with van der Waals surface area (Å²) in [5, 5.41) is 8.77. The average molecular weight is 313 g/mol. The highest BCUT2D eigenvalue weighted by atomic mass is 79.9. The van der Waals surface area contributed by atoms with Crippen molar-refractivity contribution in [1.29, 1.82) is 0 Å². The standard InChI is InChI=1S/C8H8Br2FNO/c9-4-1-5(7(12)3-13)8(11)6(10)2-4/h1-2,7,13H,3,12H2/t7-/m1/s1. The van der Waals surface area contributed by atoms with Crippen molar-refractivity contribution in [2.75, 3.05) is 6.61 Å². The predicted molar refractivity (Wildman–Crippen MR) is 55.8 cm³/mol. The largest absolute Gasteiger partial charge is 0.394 e. The van der Waals surface area contributed by atoms with Crippen molar-refractivity contribution in [2.45, 2.75) is 6.04 Å². The molecule has 0 unspecified atom stereocenters. The van der Waals surface area contributed by atoms with Crippen molar-refractivity contribution in [2.24, 2.45) is 5.73 Å². The Kier molecular flexibility index (Phi) is 3.85. The lowest BCUT2D eigenvalue weighted by molar-refractivity contribution is 0.265. The normalized spacial score (nSPS) is 13.0. The molecule has 5 heteroatoms. The van der Waals surface area contributed by atoms with E-state index in [1.165, 1.54) is 0 Å². The van der Waals surface area contributed by atoms with Gasteiger partial charge >= 0.3 is 0 Å². The molecule has 1 atom stereocenters. The van der Waals surface area contributed by atoms with E-state index < -0.39 is 11.9 Å². The first kappa shape index (κ1) is 11.1. The van der Waals surface area contributed by atoms with Crippen LogP contribution in [-0.4, -0.2) is 11.7 Å². The average Bonchev–Trinajstić information content (AvgIpc) is 2.10. The molecule has 2 nitrogen and oxygen atoms in total. The highest BCUT2D eigenvalue weighted by Gasteiger charge is 2.13. The molecule has 0 heterocycles. The third kappa shape index (κ3) is 2.49. The molecule has 0 aromatic heterocycles. The summed E-state index contributed by atoms with van der Waals surface area (Å²) in [5.74, 6) is -0.426. The minimum atomic E-state index is -0.686. The first-order valence-corrected chi connectivity index (χ1v) is 5.15. The lowest BCUT2D eigenvalue weighted by Gasteiger charge is -2.11. The van der Waals surface area contributed by atoms with E-state index >= 15 is 0 Å². The van der Waals surface area contributed by atoms with E-state index in [1.807, 2.05) is 0 Å². The van der Waals surface area contributed by atoms with Crippen LogP contribution < -0.4 is 5.73 Å². The second-order valence-corrected chi connectivity index (χ2v) is 4.35. The van der Waals surface area contributed by atoms with Crippen molar-refractivity contribution in [3.05, 3.63) is 32.5 Å². The van der Waals surface area contributed by atoms with Gasteiger partial charge in [-0.3, -0.25) is 0 Å². The Morgan fingerprint density at radius 2 is 2.08 bits per heavy atom. The number of halogens is 3. The van der Waals surface area contributed by atoms with Gasteiger partial charge in [-0.2, -0.15) is 0 Å². The molecule has 0 saturated heterocycles. The predicted octanol–water partition coefficient (Wildman–Crippen LogP) is 2.34. The molecule has 1 rings (SSSR count). The zero-order chi connectivity index (χ0) is 10.0. The van der Waals surface area contributed by atoms with Crippen molar-refractivity contribution >= 4 is 31.9 Å². The molecule has 0 aliphatic rings. The number of aliphatic hydroxyl groups is 1. The maximum absolute atomic E-state index is 13.4. The maximum atomic E-state index is 13.4. The van der Waals surface area contributed by atoms with E-state index in [1.54, 1.807) is 12.1 Å². The summed E-state index contributed by atoms with van der Waals surface area (Å²) in [6.07, 6.45) is 0. The molecule has 0 aliphatic carbocycles. The van der Waals surface area contributed by atoms with E-state index in [9.17, 15) is 4.39 Å². The van der Waals surface area contributed by atoms with Crippen LogP contribution in [0.5, 0.6) is 0 Å². The second-order valence-electron chi connectivity index (χ2n) is 2.58. The highest BCUT2D eigenvalue weighted by molar-refractivity contribution is 9.11. The van der Waals surface area contributed by atoms with Gasteiger partial charge in [0.05, 0.1) is 17.1 Å². The number of rotatable bonds is 2. The third-order valence-corrected chi connectivity index (χ3v) is 2.65. The lowest BCUT2D eigenvalue weighted by atomic mass is 10.1. The molecule has 1 aromatic carbocycles. The van der Waals surface area contributed by atoms with Gasteiger partial charge < -0.3 is 10.8 Å². The summed E-state index contributed by atoms with van der Waals surface area (Å²) in [4.78, 5) is 0. The van der Waals surface area contributed by atoms with Crippen LogP contribution in [0.15, 0.2) is 21.1 Å². The van der Waals surface area contributed by atoms with E-state index in [0.717, 1.165) is 4.47 Å². The van der Waals surface area contributed by atoms with Gasteiger partial charge in [0, 0.05) is 10.0 Å². The summed E-state index contributed by atoms with van der Waals surface area (Å²) in [7, 11) is 0. The van der Waals surface area contributed by atoms with Crippen molar-refractivity contribution in [3.8, 4) is 0 Å². The number of hydrogen-bond donors (Lipinski definition) is 2. The number of nitrogens with two attached hydrogens (primary N) is 1. The molecule has 13 heavy (non-hydrogen) atoms. The summed E-state index contributed by atoms with van der Waals surface area (Å²) in [6.45, 7) is -0.278. The third-order valence-electron chi connectivity index (χ3n) is 1.62. The molecule has 0 spiro atoms. The van der Waals surface area contributed by atoms with Crippen molar-refractivity contribution in [3.63, 3.8) is 0 Å². The van der Waals surface area contributed by atoms with Crippen LogP contribution in [0.3, 0.4) is 0 Å². The fourth-order valence-electron chi connectivity index (χ4n) is 0.944. The minimum Gasteiger partial charge on any atom is -0.394 e. The van der Waals surface area contributed by atoms with Crippen molar-refractivity contribution < 1.29 is 9.50 Å². The van der Waals surface area contributed by atoms with Crippen LogP contribution in [0.25, 0.3) is 0 Å². The van der Waals surface area contributed by atoms with E-state index in [4.69, 9.17) is 10.8 Å². The summed E-state index contributed by atoms with van der Waals surface area (Å²) in [5.41, 5.74) is 5.80. The Hall–Kier alpha value is 0.0300. The Bertz CT molecular complexity index is 319. The number of benzene rings is 1. The van der Waals surface area contributed by atoms with Gasteiger partial charge in [0.2, 0.25) is 0 Å². The summed E-state index contributed by atoms with van der Waals surface area (Å²) < 4.78 is 14.4. The number of hydrogen-bond acceptors (Lipinski definition) is 2. The summed E-state index contributed by atoms with van der Waals surface area (Å²) in [6, 6.07) is 2.46. The first-order valence-electron chi connectivity index (χ1n) is 3.57. The number of aliphatic hydroxyl groups excluding tert-OH is 1. The summed E-state index contributed by atoms with van der Waals surface area (Å²) >= 11 is 6.26. The fourth-order valence-corrected chi connectivity index (χ4v) is 2.20. The van der Waals surface area contributed by atoms with Gasteiger partial charge in [-0.25, -0.2) is 4.39 Å². The molecule has 0 bridgehead atoms. The molecule has 0 radical (unpaired) electrons. The highest BCUT2D eigenvalue weighted by Crippen LogP contribution is 2.27. The fraction of sp³-hybridized carbons (Fsp3) is 0.250. The monoisotopic (exact) mass is 311 g/mol. The van der Waals surface area contributed by atoms with Crippen LogP contribution >= 0.6 is 31.9 Å².